The summed E-state index contributed by atoms with van der Waals surface area (Å²) in [7, 11) is 0. The average molecular weight is 290 g/mol. The molecule has 1 aromatic heterocycles. The van der Waals surface area contributed by atoms with Gasteiger partial charge in [0, 0.05) is 36.6 Å². The maximum Gasteiger partial charge on any atom is 0.125 e. The lowest BCUT2D eigenvalue weighted by Gasteiger charge is -2.38. The minimum atomic E-state index is 0.364. The highest BCUT2D eigenvalue weighted by atomic mass is 16.5. The molecule has 3 rings (SSSR count). The first-order valence-electron chi connectivity index (χ1n) is 8.14. The Morgan fingerprint density at radius 1 is 1.14 bits per heavy atom. The summed E-state index contributed by atoms with van der Waals surface area (Å²) in [4.78, 5) is 6.91. The lowest BCUT2D eigenvalue weighted by molar-refractivity contribution is -0.00109. The summed E-state index contributed by atoms with van der Waals surface area (Å²) in [5.41, 5.74) is 2.24. The van der Waals surface area contributed by atoms with E-state index >= 15 is 0 Å². The number of hydrogen-bond donors (Lipinski definition) is 0. The van der Waals surface area contributed by atoms with Crippen molar-refractivity contribution in [1.82, 2.24) is 9.88 Å². The zero-order valence-corrected chi connectivity index (χ0v) is 13.2. The highest BCUT2D eigenvalue weighted by Crippen LogP contribution is 2.28. The van der Waals surface area contributed by atoms with Gasteiger partial charge in [-0.15, -0.1) is 0 Å². The van der Waals surface area contributed by atoms with Crippen LogP contribution in [0.15, 0.2) is 12.3 Å². The van der Waals surface area contributed by atoms with Crippen LogP contribution < -0.4 is 4.74 Å². The van der Waals surface area contributed by atoms with E-state index < -0.39 is 0 Å². The summed E-state index contributed by atoms with van der Waals surface area (Å²) < 4.78 is 11.7. The fraction of sp³-hybridized carbons (Fsp3) is 0.706. The first kappa shape index (κ1) is 14.8. The van der Waals surface area contributed by atoms with Crippen molar-refractivity contribution in [2.24, 2.45) is 0 Å². The summed E-state index contributed by atoms with van der Waals surface area (Å²) in [5, 5.41) is 0. The zero-order chi connectivity index (χ0) is 14.7. The van der Waals surface area contributed by atoms with Gasteiger partial charge in [-0.3, -0.25) is 9.88 Å². The third-order valence-electron chi connectivity index (χ3n) is 4.91. The van der Waals surface area contributed by atoms with E-state index in [-0.39, 0.29) is 0 Å². The Hall–Kier alpha value is -1.13. The molecule has 0 unspecified atom stereocenters. The molecule has 0 spiro atoms. The van der Waals surface area contributed by atoms with E-state index in [0.717, 1.165) is 56.6 Å². The van der Waals surface area contributed by atoms with Crippen molar-refractivity contribution < 1.29 is 9.47 Å². The summed E-state index contributed by atoms with van der Waals surface area (Å²) in [6.45, 7) is 8.12. The molecule has 1 saturated carbocycles. The van der Waals surface area contributed by atoms with Gasteiger partial charge in [0.05, 0.1) is 19.3 Å². The molecule has 0 aromatic carbocycles. The van der Waals surface area contributed by atoms with Crippen LogP contribution in [0.25, 0.3) is 0 Å². The van der Waals surface area contributed by atoms with Gasteiger partial charge in [-0.2, -0.15) is 0 Å². The molecule has 4 heteroatoms. The van der Waals surface area contributed by atoms with Crippen molar-refractivity contribution in [3.05, 3.63) is 23.5 Å². The fourth-order valence-corrected chi connectivity index (χ4v) is 3.39. The molecule has 0 N–H and O–H groups in total. The molecular weight excluding hydrogens is 264 g/mol. The topological polar surface area (TPSA) is 34.6 Å². The van der Waals surface area contributed by atoms with Crippen LogP contribution in [-0.4, -0.2) is 48.3 Å². The van der Waals surface area contributed by atoms with Gasteiger partial charge in [0.2, 0.25) is 0 Å². The third kappa shape index (κ3) is 3.55. The summed E-state index contributed by atoms with van der Waals surface area (Å²) >= 11 is 0. The van der Waals surface area contributed by atoms with E-state index in [4.69, 9.17) is 9.47 Å². The molecule has 2 aliphatic rings. The summed E-state index contributed by atoms with van der Waals surface area (Å²) in [6.07, 6.45) is 7.01. The Morgan fingerprint density at radius 3 is 2.57 bits per heavy atom. The zero-order valence-electron chi connectivity index (χ0n) is 13.2. The Balaban J connectivity index is 1.52. The van der Waals surface area contributed by atoms with Crippen LogP contribution in [0, 0.1) is 13.8 Å². The van der Waals surface area contributed by atoms with Crippen LogP contribution in [0.5, 0.6) is 5.75 Å². The molecule has 2 fully saturated rings. The highest BCUT2D eigenvalue weighted by Gasteiger charge is 2.28. The van der Waals surface area contributed by atoms with E-state index in [1.807, 2.05) is 19.2 Å². The molecule has 0 bridgehead atoms. The highest BCUT2D eigenvalue weighted by molar-refractivity contribution is 5.33. The van der Waals surface area contributed by atoms with Crippen LogP contribution in [0.2, 0.25) is 0 Å². The van der Waals surface area contributed by atoms with E-state index in [1.165, 1.54) is 18.4 Å². The van der Waals surface area contributed by atoms with Crippen molar-refractivity contribution in [1.29, 1.82) is 0 Å². The first-order chi connectivity index (χ1) is 10.2. The number of pyridine rings is 1. The Kier molecular flexibility index (Phi) is 4.76. The van der Waals surface area contributed by atoms with Crippen LogP contribution in [0.4, 0.5) is 0 Å². The summed E-state index contributed by atoms with van der Waals surface area (Å²) in [6, 6.07) is 2.73. The monoisotopic (exact) mass is 290 g/mol. The number of morpholine rings is 1. The van der Waals surface area contributed by atoms with Crippen LogP contribution in [-0.2, 0) is 4.74 Å². The second kappa shape index (κ2) is 6.75. The smallest absolute Gasteiger partial charge is 0.125 e. The van der Waals surface area contributed by atoms with Gasteiger partial charge in [0.1, 0.15) is 5.75 Å². The predicted molar refractivity (Wildman–Crippen MR) is 82.8 cm³/mol. The number of aromatic nitrogens is 1. The van der Waals surface area contributed by atoms with Gasteiger partial charge in [-0.1, -0.05) is 0 Å². The third-order valence-corrected chi connectivity index (χ3v) is 4.91. The maximum atomic E-state index is 6.22. The minimum absolute atomic E-state index is 0.364. The van der Waals surface area contributed by atoms with Gasteiger partial charge in [-0.25, -0.2) is 0 Å². The minimum Gasteiger partial charge on any atom is -0.490 e. The van der Waals surface area contributed by atoms with Crippen LogP contribution in [0.1, 0.15) is 36.9 Å². The van der Waals surface area contributed by atoms with Gasteiger partial charge in [-0.05, 0) is 45.6 Å². The number of aryl methyl sites for hydroxylation is 1. The molecule has 0 atom stereocenters. The molecule has 1 saturated heterocycles. The van der Waals surface area contributed by atoms with Crippen molar-refractivity contribution in [3.63, 3.8) is 0 Å². The summed E-state index contributed by atoms with van der Waals surface area (Å²) in [5.74, 6) is 1.01. The molecule has 21 heavy (non-hydrogen) atoms. The van der Waals surface area contributed by atoms with E-state index in [9.17, 15) is 0 Å². The van der Waals surface area contributed by atoms with Crippen molar-refractivity contribution >= 4 is 0 Å². The maximum absolute atomic E-state index is 6.22. The second-order valence-electron chi connectivity index (χ2n) is 6.22. The van der Waals surface area contributed by atoms with Gasteiger partial charge < -0.3 is 9.47 Å². The number of rotatable bonds is 3. The lowest BCUT2D eigenvalue weighted by atomic mass is 9.91. The number of nitrogens with zero attached hydrogens (tertiary/aromatic N) is 2. The molecular formula is C17H26N2O2. The van der Waals surface area contributed by atoms with Gasteiger partial charge in [0.15, 0.2) is 0 Å². The quantitative estimate of drug-likeness (QED) is 0.857. The molecule has 116 valence electrons. The first-order valence-corrected chi connectivity index (χ1v) is 8.14. The van der Waals surface area contributed by atoms with Crippen LogP contribution >= 0.6 is 0 Å². The Labute approximate surface area is 127 Å². The molecule has 1 aromatic rings. The van der Waals surface area contributed by atoms with Gasteiger partial charge >= 0.3 is 0 Å². The Bertz CT molecular complexity index is 464. The molecule has 1 aliphatic carbocycles. The molecule has 0 amide bonds. The average Bonchev–Trinajstić information content (AvgIpc) is 2.53. The number of hydrogen-bond acceptors (Lipinski definition) is 4. The van der Waals surface area contributed by atoms with Crippen molar-refractivity contribution in [2.75, 3.05) is 26.3 Å². The van der Waals surface area contributed by atoms with E-state index in [1.54, 1.807) is 0 Å². The van der Waals surface area contributed by atoms with E-state index in [0.29, 0.717) is 6.10 Å². The molecule has 1 aliphatic heterocycles. The largest absolute Gasteiger partial charge is 0.490 e. The molecule has 4 nitrogen and oxygen atoms in total. The Morgan fingerprint density at radius 2 is 1.86 bits per heavy atom. The molecule has 2 heterocycles. The van der Waals surface area contributed by atoms with Crippen LogP contribution in [0.3, 0.4) is 0 Å². The predicted octanol–water partition coefficient (Wildman–Crippen LogP) is 2.72. The standard InChI is InChI=1S/C17H26N2O2/c1-13-14(2)18-8-7-17(13)21-16-5-3-15(4-6-16)19-9-11-20-12-10-19/h7-8,15-16H,3-6,9-12H2,1-2H3. The van der Waals surface area contributed by atoms with Crippen molar-refractivity contribution in [3.8, 4) is 5.75 Å². The second-order valence-corrected chi connectivity index (χ2v) is 6.22. The fourth-order valence-electron chi connectivity index (χ4n) is 3.39. The van der Waals surface area contributed by atoms with Gasteiger partial charge in [0.25, 0.3) is 0 Å². The number of ether oxygens (including phenoxy) is 2. The van der Waals surface area contributed by atoms with Crippen molar-refractivity contribution in [2.45, 2.75) is 51.7 Å². The normalized spacial score (nSPS) is 27.5. The lowest BCUT2D eigenvalue weighted by Crippen LogP contribution is -2.46. The van der Waals surface area contributed by atoms with E-state index in [2.05, 4.69) is 16.8 Å². The SMILES string of the molecule is Cc1nccc(OC2CCC(N3CCOCC3)CC2)c1C. The molecule has 0 radical (unpaired) electrons.